The van der Waals surface area contributed by atoms with Crippen molar-refractivity contribution >= 4 is 18.4 Å². The Morgan fingerprint density at radius 1 is 0.739 bits per heavy atom. The van der Waals surface area contributed by atoms with Crippen LogP contribution in [-0.4, -0.2) is 29.6 Å². The summed E-state index contributed by atoms with van der Waals surface area (Å²) in [6.07, 6.45) is 16.1. The van der Waals surface area contributed by atoms with Crippen LogP contribution in [0.2, 0.25) is 13.3 Å². The van der Waals surface area contributed by atoms with Gasteiger partial charge in [-0.3, -0.25) is 0 Å². The molecule has 1 atom stereocenters. The molecule has 0 heterocycles. The fraction of sp³-hybridized carbons (Fsp3) is 0.905. The Morgan fingerprint density at radius 3 is 1.65 bits per heavy atom. The van der Waals surface area contributed by atoms with Gasteiger partial charge in [-0.1, -0.05) is 0 Å². The summed E-state index contributed by atoms with van der Waals surface area (Å²) in [4.78, 5) is 0. The fourth-order valence-electron chi connectivity index (χ4n) is 3.43. The van der Waals surface area contributed by atoms with Gasteiger partial charge in [0.15, 0.2) is 0 Å². The van der Waals surface area contributed by atoms with Gasteiger partial charge >= 0.3 is 151 Å². The number of hydrogen-bond donors (Lipinski definition) is 1. The molecule has 0 spiro atoms. The first kappa shape index (κ1) is 23.5. The van der Waals surface area contributed by atoms with Crippen molar-refractivity contribution in [2.75, 3.05) is 0 Å². The van der Waals surface area contributed by atoms with E-state index in [9.17, 15) is 5.11 Å². The summed E-state index contributed by atoms with van der Waals surface area (Å²) in [7, 11) is 0. The number of hydrogen-bond acceptors (Lipinski definition) is 1. The topological polar surface area (TPSA) is 20.2 Å². The maximum atomic E-state index is 10.2. The molecule has 0 aliphatic heterocycles. The number of aliphatic hydroxyl groups excluding tert-OH is 1. The van der Waals surface area contributed by atoms with Gasteiger partial charge in [0.1, 0.15) is 0 Å². The second-order valence-corrected chi connectivity index (χ2v) is 20.5. The maximum absolute atomic E-state index is 10.2. The molecule has 0 fully saturated rings. The van der Waals surface area contributed by atoms with Crippen molar-refractivity contribution in [1.82, 2.24) is 0 Å². The van der Waals surface area contributed by atoms with Crippen molar-refractivity contribution in [3.05, 3.63) is 10.2 Å². The number of aliphatic hydroxyl groups is 1. The molecule has 0 saturated heterocycles. The zero-order chi connectivity index (χ0) is 17.4. The first-order valence-electron chi connectivity index (χ1n) is 10.5. The van der Waals surface area contributed by atoms with Gasteiger partial charge in [-0.15, -0.1) is 0 Å². The minimum absolute atomic E-state index is 0.106. The van der Waals surface area contributed by atoms with Crippen molar-refractivity contribution in [1.29, 1.82) is 0 Å². The molecule has 0 radical (unpaired) electrons. The van der Waals surface area contributed by atoms with Crippen molar-refractivity contribution in [3.63, 3.8) is 0 Å². The third-order valence-electron chi connectivity index (χ3n) is 5.11. The van der Waals surface area contributed by atoms with E-state index >= 15 is 0 Å². The Morgan fingerprint density at radius 2 is 1.22 bits per heavy atom. The second kappa shape index (κ2) is 16.0. The molecule has 1 unspecified atom stereocenters. The second-order valence-electron chi connectivity index (χ2n) is 7.46. The van der Waals surface area contributed by atoms with Crippen LogP contribution >= 0.6 is 0 Å². The first-order valence-corrected chi connectivity index (χ1v) is 18.2. The molecule has 23 heavy (non-hydrogen) atoms. The van der Waals surface area contributed by atoms with Crippen molar-refractivity contribution in [2.24, 2.45) is 0 Å². The van der Waals surface area contributed by atoms with E-state index in [4.69, 9.17) is 0 Å². The molecule has 0 bridgehead atoms. The molecule has 0 aromatic heterocycles. The predicted octanol–water partition coefficient (Wildman–Crippen LogP) is 7.26. The molecule has 2 heteroatoms. The minimum atomic E-state index is -2.10. The van der Waals surface area contributed by atoms with Crippen LogP contribution in [0.15, 0.2) is 10.2 Å². The SMILES string of the molecule is CCCCCC(O)C/C=[CH]/[Sn]([CH2]CCC)([CH2]CCC)[CH2]CCC. The quantitative estimate of drug-likeness (QED) is 0.201. The molecule has 0 rings (SSSR count). The Bertz CT molecular complexity index is 253. The van der Waals surface area contributed by atoms with E-state index < -0.39 is 18.4 Å². The molecular formula is C21H44OSn. The van der Waals surface area contributed by atoms with Gasteiger partial charge in [0.05, 0.1) is 0 Å². The molecule has 1 N–H and O–H groups in total. The van der Waals surface area contributed by atoms with Crippen LogP contribution < -0.4 is 0 Å². The molecule has 0 aromatic rings. The standard InChI is InChI=1S/C9H17O.3C4H9.Sn/c1-3-5-6-8-9(10)7-4-2;3*1-3-4-2;/h2,4,9-10H,3,5-8H2,1H3;3*1,3-4H2,2H3;. The van der Waals surface area contributed by atoms with Gasteiger partial charge in [-0.25, -0.2) is 0 Å². The first-order chi connectivity index (χ1) is 11.1. The molecule has 0 aromatic carbocycles. The average molecular weight is 431 g/mol. The Labute approximate surface area is 151 Å². The molecule has 138 valence electrons. The van der Waals surface area contributed by atoms with E-state index in [1.165, 1.54) is 71.1 Å². The van der Waals surface area contributed by atoms with Crippen molar-refractivity contribution in [2.45, 2.75) is 118 Å². The molecule has 0 amide bonds. The average Bonchev–Trinajstić information content (AvgIpc) is 2.56. The van der Waals surface area contributed by atoms with Crippen LogP contribution in [0.3, 0.4) is 0 Å². The van der Waals surface area contributed by atoms with Gasteiger partial charge in [0, 0.05) is 0 Å². The number of unbranched alkanes of at least 4 members (excludes halogenated alkanes) is 5. The normalized spacial score (nSPS) is 13.8. The van der Waals surface area contributed by atoms with Crippen molar-refractivity contribution < 1.29 is 5.11 Å². The Hall–Kier alpha value is 0.499. The van der Waals surface area contributed by atoms with Gasteiger partial charge in [0.2, 0.25) is 0 Å². The zero-order valence-electron chi connectivity index (χ0n) is 16.6. The zero-order valence-corrected chi connectivity index (χ0v) is 19.4. The summed E-state index contributed by atoms with van der Waals surface area (Å²) in [5.41, 5.74) is 0. The summed E-state index contributed by atoms with van der Waals surface area (Å²) in [6.45, 7) is 9.22. The summed E-state index contributed by atoms with van der Waals surface area (Å²) in [5, 5.41) is 10.2. The van der Waals surface area contributed by atoms with Crippen molar-refractivity contribution in [3.8, 4) is 0 Å². The molecular weight excluding hydrogens is 387 g/mol. The van der Waals surface area contributed by atoms with E-state index in [1.807, 2.05) is 0 Å². The van der Waals surface area contributed by atoms with E-state index in [0.29, 0.717) is 0 Å². The van der Waals surface area contributed by atoms with Gasteiger partial charge in [-0.05, 0) is 0 Å². The summed E-state index contributed by atoms with van der Waals surface area (Å²) in [6, 6.07) is 0. The molecule has 0 aliphatic carbocycles. The Balaban J connectivity index is 4.62. The van der Waals surface area contributed by atoms with E-state index in [1.54, 1.807) is 0 Å². The third-order valence-corrected chi connectivity index (χ3v) is 19.3. The van der Waals surface area contributed by atoms with E-state index in [0.717, 1.165) is 12.8 Å². The number of rotatable bonds is 16. The van der Waals surface area contributed by atoms with Gasteiger partial charge in [0.25, 0.3) is 0 Å². The summed E-state index contributed by atoms with van der Waals surface area (Å²) in [5.74, 6) is 0. The molecule has 0 aliphatic rings. The van der Waals surface area contributed by atoms with Crippen LogP contribution in [0, 0.1) is 0 Å². The molecule has 1 nitrogen and oxygen atoms in total. The van der Waals surface area contributed by atoms with E-state index in [2.05, 4.69) is 37.9 Å². The monoisotopic (exact) mass is 432 g/mol. The predicted molar refractivity (Wildman–Crippen MR) is 109 cm³/mol. The van der Waals surface area contributed by atoms with Crippen LogP contribution in [0.1, 0.15) is 98.3 Å². The third kappa shape index (κ3) is 12.5. The van der Waals surface area contributed by atoms with E-state index in [-0.39, 0.29) is 6.10 Å². The van der Waals surface area contributed by atoms with Gasteiger partial charge < -0.3 is 0 Å². The van der Waals surface area contributed by atoms with Crippen LogP contribution in [0.25, 0.3) is 0 Å². The van der Waals surface area contributed by atoms with Crippen LogP contribution in [-0.2, 0) is 0 Å². The van der Waals surface area contributed by atoms with Crippen LogP contribution in [0.4, 0.5) is 0 Å². The summed E-state index contributed by atoms with van der Waals surface area (Å²) >= 11 is -2.10. The Kier molecular flexibility index (Phi) is 16.3. The van der Waals surface area contributed by atoms with Gasteiger partial charge in [-0.2, -0.15) is 0 Å². The fourth-order valence-corrected chi connectivity index (χ4v) is 17.9. The summed E-state index contributed by atoms with van der Waals surface area (Å²) < 4.78 is 7.31. The molecule has 0 saturated carbocycles. The van der Waals surface area contributed by atoms with Crippen LogP contribution in [0.5, 0.6) is 0 Å².